The molecule has 0 bridgehead atoms. The lowest BCUT2D eigenvalue weighted by Gasteiger charge is -2.12. The second-order valence-electron chi connectivity index (χ2n) is 7.18. The van der Waals surface area contributed by atoms with Crippen LogP contribution in [0.3, 0.4) is 0 Å². The number of rotatable bonds is 8. The molecule has 1 amide bonds. The maximum absolute atomic E-state index is 12.9. The minimum absolute atomic E-state index is 0.118. The number of nitrogens with zero attached hydrogens (tertiary/aromatic N) is 4. The van der Waals surface area contributed by atoms with Gasteiger partial charge in [0.2, 0.25) is 5.91 Å². The lowest BCUT2D eigenvalue weighted by molar-refractivity contribution is -0.144. The normalized spacial score (nSPS) is 11.6. The summed E-state index contributed by atoms with van der Waals surface area (Å²) in [5.74, 6) is -0.136. The molecule has 0 spiro atoms. The first-order valence-corrected chi connectivity index (χ1v) is 9.91. The number of alkyl halides is 3. The molecule has 2 heterocycles. The van der Waals surface area contributed by atoms with E-state index in [1.807, 2.05) is 6.07 Å². The van der Waals surface area contributed by atoms with Crippen molar-refractivity contribution < 1.29 is 27.4 Å². The Balaban J connectivity index is 1.62. The fraction of sp³-hybridized carbons (Fsp3) is 0.429. The van der Waals surface area contributed by atoms with Crippen molar-refractivity contribution in [2.45, 2.75) is 39.3 Å². The van der Waals surface area contributed by atoms with Crippen molar-refractivity contribution in [1.29, 1.82) is 0 Å². The molecule has 1 aromatic carbocycles. The average molecular weight is 451 g/mol. The lowest BCUT2D eigenvalue weighted by atomic mass is 10.1. The fourth-order valence-electron chi connectivity index (χ4n) is 3.43. The number of amides is 1. The average Bonchev–Trinajstić information content (AvgIpc) is 3.18. The minimum atomic E-state index is -4.65. The van der Waals surface area contributed by atoms with Crippen molar-refractivity contribution in [3.8, 4) is 11.5 Å². The molecule has 0 aliphatic heterocycles. The van der Waals surface area contributed by atoms with Crippen molar-refractivity contribution in [2.75, 3.05) is 20.8 Å². The van der Waals surface area contributed by atoms with Gasteiger partial charge in [0.25, 0.3) is 11.6 Å². The molecular weight excluding hydrogens is 427 g/mol. The van der Waals surface area contributed by atoms with Gasteiger partial charge in [-0.15, -0.1) is 5.10 Å². The standard InChI is InChI=1S/C21H24F3N5O3/c1-12-16(13(2)29-20(26-12)27-19(28-29)21(22,23)24)6-8-18(30)25-10-9-14-11-15(31-3)5-7-17(14)32-4/h5,7,11H,6,8-10H2,1-4H3,(H,25,30). The number of benzene rings is 1. The highest BCUT2D eigenvalue weighted by Crippen LogP contribution is 2.27. The first kappa shape index (κ1) is 23.3. The van der Waals surface area contributed by atoms with Crippen LogP contribution in [0.5, 0.6) is 11.5 Å². The molecule has 0 radical (unpaired) electrons. The van der Waals surface area contributed by atoms with Gasteiger partial charge >= 0.3 is 6.18 Å². The number of carbonyl (C=O) groups excluding carboxylic acids is 1. The number of methoxy groups -OCH3 is 2. The summed E-state index contributed by atoms with van der Waals surface area (Å²) in [7, 11) is 3.15. The Labute approximate surface area is 182 Å². The van der Waals surface area contributed by atoms with Crippen LogP contribution in [-0.4, -0.2) is 46.3 Å². The monoisotopic (exact) mass is 451 g/mol. The van der Waals surface area contributed by atoms with Crippen molar-refractivity contribution in [1.82, 2.24) is 24.9 Å². The van der Waals surface area contributed by atoms with Crippen molar-refractivity contribution in [2.24, 2.45) is 0 Å². The zero-order chi connectivity index (χ0) is 23.5. The second-order valence-corrected chi connectivity index (χ2v) is 7.18. The molecule has 3 rings (SSSR count). The predicted molar refractivity (Wildman–Crippen MR) is 110 cm³/mol. The molecule has 11 heteroatoms. The van der Waals surface area contributed by atoms with Gasteiger partial charge in [0.05, 0.1) is 14.2 Å². The number of halogens is 3. The van der Waals surface area contributed by atoms with Crippen molar-refractivity contribution in [3.05, 3.63) is 46.5 Å². The van der Waals surface area contributed by atoms with Crippen molar-refractivity contribution >= 4 is 11.7 Å². The van der Waals surface area contributed by atoms with Crippen LogP contribution < -0.4 is 14.8 Å². The third-order valence-electron chi connectivity index (χ3n) is 5.11. The summed E-state index contributed by atoms with van der Waals surface area (Å²) in [4.78, 5) is 19.9. The molecule has 0 saturated heterocycles. The second kappa shape index (κ2) is 9.41. The number of fused-ring (bicyclic) bond motifs is 1. The van der Waals surface area contributed by atoms with Crippen LogP contribution in [-0.2, 0) is 23.8 Å². The Morgan fingerprint density at radius 1 is 1.12 bits per heavy atom. The molecule has 0 unspecified atom stereocenters. The summed E-state index contributed by atoms with van der Waals surface area (Å²) in [6.45, 7) is 3.71. The zero-order valence-electron chi connectivity index (χ0n) is 18.2. The molecule has 32 heavy (non-hydrogen) atoms. The number of hydrogen-bond donors (Lipinski definition) is 1. The molecule has 0 atom stereocenters. The van der Waals surface area contributed by atoms with Gasteiger partial charge in [-0.05, 0) is 56.0 Å². The highest BCUT2D eigenvalue weighted by atomic mass is 19.4. The van der Waals surface area contributed by atoms with E-state index in [1.54, 1.807) is 40.2 Å². The number of aryl methyl sites for hydroxylation is 2. The third-order valence-corrected chi connectivity index (χ3v) is 5.11. The van der Waals surface area contributed by atoms with Gasteiger partial charge in [0.15, 0.2) is 0 Å². The summed E-state index contributed by atoms with van der Waals surface area (Å²) in [5.41, 5.74) is 2.57. The molecule has 0 saturated carbocycles. The predicted octanol–water partition coefficient (Wildman–Crippen LogP) is 3.07. The van der Waals surface area contributed by atoms with E-state index in [4.69, 9.17) is 9.47 Å². The Bertz CT molecular complexity index is 1130. The Morgan fingerprint density at radius 2 is 1.88 bits per heavy atom. The van der Waals surface area contributed by atoms with E-state index in [0.29, 0.717) is 47.8 Å². The van der Waals surface area contributed by atoms with Gasteiger partial charge in [-0.2, -0.15) is 18.2 Å². The molecule has 3 aromatic rings. The molecule has 8 nitrogen and oxygen atoms in total. The highest BCUT2D eigenvalue weighted by molar-refractivity contribution is 5.76. The summed E-state index contributed by atoms with van der Waals surface area (Å²) in [6.07, 6.45) is -3.63. The van der Waals surface area contributed by atoms with Crippen LogP contribution >= 0.6 is 0 Å². The fourth-order valence-corrected chi connectivity index (χ4v) is 3.43. The maximum Gasteiger partial charge on any atom is 0.453 e. The number of hydrogen-bond acceptors (Lipinski definition) is 6. The quantitative estimate of drug-likeness (QED) is 0.566. The van der Waals surface area contributed by atoms with Crippen molar-refractivity contribution in [3.63, 3.8) is 0 Å². The Hall–Kier alpha value is -3.37. The largest absolute Gasteiger partial charge is 0.497 e. The number of ether oxygens (including phenoxy) is 2. The zero-order valence-corrected chi connectivity index (χ0v) is 18.2. The van der Waals surface area contributed by atoms with Crippen LogP contribution in [0.1, 0.15) is 34.8 Å². The van der Waals surface area contributed by atoms with E-state index in [-0.39, 0.29) is 18.1 Å². The smallest absolute Gasteiger partial charge is 0.453 e. The highest BCUT2D eigenvalue weighted by Gasteiger charge is 2.36. The lowest BCUT2D eigenvalue weighted by Crippen LogP contribution is -2.26. The molecule has 0 fully saturated rings. The molecule has 2 aromatic heterocycles. The SMILES string of the molecule is COc1ccc(OC)c(CCNC(=O)CCc2c(C)nc3nc(C(F)(F)F)nn3c2C)c1. The first-order valence-electron chi connectivity index (χ1n) is 9.91. The van der Waals surface area contributed by atoms with E-state index in [2.05, 4.69) is 20.4 Å². The summed E-state index contributed by atoms with van der Waals surface area (Å²) >= 11 is 0. The van der Waals surface area contributed by atoms with Crippen LogP contribution in [0.25, 0.3) is 5.78 Å². The molecule has 172 valence electrons. The summed E-state index contributed by atoms with van der Waals surface area (Å²) in [6, 6.07) is 5.45. The van der Waals surface area contributed by atoms with Gasteiger partial charge in [-0.3, -0.25) is 4.79 Å². The van der Waals surface area contributed by atoms with Gasteiger partial charge in [-0.1, -0.05) is 0 Å². The van der Waals surface area contributed by atoms with E-state index in [1.165, 1.54) is 0 Å². The molecule has 1 N–H and O–H groups in total. The third kappa shape index (κ3) is 5.09. The first-order chi connectivity index (χ1) is 15.1. The molecule has 0 aliphatic carbocycles. The Kier molecular flexibility index (Phi) is 6.85. The van der Waals surface area contributed by atoms with Gasteiger partial charge in [0, 0.05) is 24.4 Å². The molecular formula is C21H24F3N5O3. The van der Waals surface area contributed by atoms with E-state index < -0.39 is 12.0 Å². The maximum atomic E-state index is 12.9. The van der Waals surface area contributed by atoms with Gasteiger partial charge in [0.1, 0.15) is 11.5 Å². The number of carbonyl (C=O) groups is 1. The van der Waals surface area contributed by atoms with E-state index in [0.717, 1.165) is 10.1 Å². The van der Waals surface area contributed by atoms with Crippen LogP contribution in [0.4, 0.5) is 13.2 Å². The number of aromatic nitrogens is 4. The minimum Gasteiger partial charge on any atom is -0.497 e. The topological polar surface area (TPSA) is 90.6 Å². The molecule has 0 aliphatic rings. The van der Waals surface area contributed by atoms with E-state index in [9.17, 15) is 18.0 Å². The van der Waals surface area contributed by atoms with Crippen LogP contribution in [0.2, 0.25) is 0 Å². The van der Waals surface area contributed by atoms with Gasteiger partial charge < -0.3 is 14.8 Å². The Morgan fingerprint density at radius 3 is 2.53 bits per heavy atom. The summed E-state index contributed by atoms with van der Waals surface area (Å²) in [5, 5.41) is 6.37. The van der Waals surface area contributed by atoms with E-state index >= 15 is 0 Å². The summed E-state index contributed by atoms with van der Waals surface area (Å²) < 4.78 is 50.4. The van der Waals surface area contributed by atoms with Crippen LogP contribution in [0.15, 0.2) is 18.2 Å². The van der Waals surface area contributed by atoms with Gasteiger partial charge in [-0.25, -0.2) is 9.50 Å². The number of nitrogens with one attached hydrogen (secondary N) is 1. The van der Waals surface area contributed by atoms with Crippen LogP contribution in [0, 0.1) is 13.8 Å².